The van der Waals surface area contributed by atoms with Crippen molar-refractivity contribution in [1.29, 1.82) is 0 Å². The summed E-state index contributed by atoms with van der Waals surface area (Å²) in [5, 5.41) is 2.71. The van der Waals surface area contributed by atoms with E-state index in [2.05, 4.69) is 5.32 Å². The number of amides is 2. The number of alkyl halides is 1. The van der Waals surface area contributed by atoms with Gasteiger partial charge in [-0.25, -0.2) is 0 Å². The van der Waals surface area contributed by atoms with Gasteiger partial charge in [0.2, 0.25) is 11.8 Å². The lowest BCUT2D eigenvalue weighted by Gasteiger charge is -2.35. The van der Waals surface area contributed by atoms with Gasteiger partial charge in [0.1, 0.15) is 11.9 Å². The number of ether oxygens (including phenoxy) is 1. The SMILES string of the molecule is CCOC(=O)C1CCCN(C(=O)C(NC(=O)CCl)C(C)CC)C1. The molecule has 0 radical (unpaired) electrons. The topological polar surface area (TPSA) is 75.7 Å². The van der Waals surface area contributed by atoms with Gasteiger partial charge in [-0.2, -0.15) is 0 Å². The van der Waals surface area contributed by atoms with Crippen LogP contribution >= 0.6 is 11.6 Å². The van der Waals surface area contributed by atoms with Gasteiger partial charge in [0.05, 0.1) is 12.5 Å². The summed E-state index contributed by atoms with van der Waals surface area (Å²) in [6.07, 6.45) is 2.24. The Labute approximate surface area is 142 Å². The third kappa shape index (κ3) is 5.68. The van der Waals surface area contributed by atoms with E-state index in [0.29, 0.717) is 19.7 Å². The summed E-state index contributed by atoms with van der Waals surface area (Å²) in [6, 6.07) is -0.604. The number of carbonyl (C=O) groups excluding carboxylic acids is 3. The summed E-state index contributed by atoms with van der Waals surface area (Å²) >= 11 is 5.54. The minimum atomic E-state index is -0.604. The Bertz CT molecular complexity index is 430. The number of hydrogen-bond donors (Lipinski definition) is 1. The molecule has 6 nitrogen and oxygen atoms in total. The zero-order valence-electron chi connectivity index (χ0n) is 14.1. The number of esters is 1. The van der Waals surface area contributed by atoms with E-state index in [1.54, 1.807) is 11.8 Å². The molecule has 0 aromatic heterocycles. The Hall–Kier alpha value is -1.30. The molecular weight excluding hydrogens is 320 g/mol. The summed E-state index contributed by atoms with van der Waals surface area (Å²) in [6.45, 7) is 6.94. The van der Waals surface area contributed by atoms with Crippen LogP contribution in [-0.2, 0) is 19.1 Å². The van der Waals surface area contributed by atoms with Crippen molar-refractivity contribution in [2.24, 2.45) is 11.8 Å². The number of likely N-dealkylation sites (tertiary alicyclic amines) is 1. The zero-order valence-corrected chi connectivity index (χ0v) is 14.9. The van der Waals surface area contributed by atoms with Crippen molar-refractivity contribution in [3.05, 3.63) is 0 Å². The molecule has 1 N–H and O–H groups in total. The average molecular weight is 347 g/mol. The van der Waals surface area contributed by atoms with Crippen LogP contribution in [0, 0.1) is 11.8 Å². The molecule has 132 valence electrons. The highest BCUT2D eigenvalue weighted by Gasteiger charge is 2.34. The molecule has 1 rings (SSSR count). The molecule has 7 heteroatoms. The van der Waals surface area contributed by atoms with Crippen LogP contribution in [0.2, 0.25) is 0 Å². The number of carbonyl (C=O) groups is 3. The first kappa shape index (κ1) is 19.7. The van der Waals surface area contributed by atoms with E-state index < -0.39 is 6.04 Å². The predicted octanol–water partition coefficient (Wildman–Crippen LogP) is 1.56. The van der Waals surface area contributed by atoms with Gasteiger partial charge in [0.15, 0.2) is 0 Å². The normalized spacial score (nSPS) is 20.5. The number of halogens is 1. The molecule has 1 saturated heterocycles. The molecule has 0 aliphatic carbocycles. The maximum Gasteiger partial charge on any atom is 0.310 e. The second kappa shape index (κ2) is 9.75. The quantitative estimate of drug-likeness (QED) is 0.560. The molecule has 23 heavy (non-hydrogen) atoms. The predicted molar refractivity (Wildman–Crippen MR) is 88.0 cm³/mol. The summed E-state index contributed by atoms with van der Waals surface area (Å²) in [4.78, 5) is 38.0. The maximum atomic E-state index is 12.8. The van der Waals surface area contributed by atoms with Gasteiger partial charge < -0.3 is 15.0 Å². The zero-order chi connectivity index (χ0) is 17.4. The van der Waals surface area contributed by atoms with Gasteiger partial charge in [-0.1, -0.05) is 20.3 Å². The highest BCUT2D eigenvalue weighted by molar-refractivity contribution is 6.27. The molecule has 1 fully saturated rings. The van der Waals surface area contributed by atoms with Crippen LogP contribution in [0.5, 0.6) is 0 Å². The van der Waals surface area contributed by atoms with Crippen LogP contribution in [0.15, 0.2) is 0 Å². The lowest BCUT2D eigenvalue weighted by Crippen LogP contribution is -2.54. The molecule has 0 aromatic carbocycles. The van der Waals surface area contributed by atoms with E-state index in [1.807, 2.05) is 13.8 Å². The molecular formula is C16H27ClN2O4. The molecule has 3 unspecified atom stereocenters. The number of rotatable bonds is 7. The van der Waals surface area contributed by atoms with Crippen molar-refractivity contribution in [3.8, 4) is 0 Å². The van der Waals surface area contributed by atoms with Crippen molar-refractivity contribution in [2.75, 3.05) is 25.6 Å². The first-order chi connectivity index (χ1) is 10.9. The maximum absolute atomic E-state index is 12.8. The fourth-order valence-corrected chi connectivity index (χ4v) is 2.80. The molecule has 0 bridgehead atoms. The second-order valence-corrected chi connectivity index (χ2v) is 6.21. The summed E-state index contributed by atoms with van der Waals surface area (Å²) in [5.41, 5.74) is 0. The van der Waals surface area contributed by atoms with Gasteiger partial charge >= 0.3 is 5.97 Å². The first-order valence-electron chi connectivity index (χ1n) is 8.25. The van der Waals surface area contributed by atoms with Crippen LogP contribution in [-0.4, -0.2) is 54.3 Å². The van der Waals surface area contributed by atoms with Crippen LogP contribution in [0.1, 0.15) is 40.0 Å². The van der Waals surface area contributed by atoms with Crippen molar-refractivity contribution in [3.63, 3.8) is 0 Å². The Morgan fingerprint density at radius 3 is 2.61 bits per heavy atom. The van der Waals surface area contributed by atoms with Crippen molar-refractivity contribution in [2.45, 2.75) is 46.1 Å². The van der Waals surface area contributed by atoms with Gasteiger partial charge in [0.25, 0.3) is 0 Å². The Balaban J connectivity index is 2.77. The van der Waals surface area contributed by atoms with E-state index in [9.17, 15) is 14.4 Å². The second-order valence-electron chi connectivity index (χ2n) is 5.94. The van der Waals surface area contributed by atoms with E-state index in [4.69, 9.17) is 16.3 Å². The van der Waals surface area contributed by atoms with Crippen LogP contribution in [0.3, 0.4) is 0 Å². The number of nitrogens with zero attached hydrogens (tertiary/aromatic N) is 1. The largest absolute Gasteiger partial charge is 0.466 e. The van der Waals surface area contributed by atoms with Gasteiger partial charge in [-0.05, 0) is 25.7 Å². The molecule has 0 aromatic rings. The Kier molecular flexibility index (Phi) is 8.37. The third-order valence-electron chi connectivity index (χ3n) is 4.27. The average Bonchev–Trinajstić information content (AvgIpc) is 2.58. The molecule has 2 amide bonds. The Morgan fingerprint density at radius 2 is 2.04 bits per heavy atom. The molecule has 0 saturated carbocycles. The lowest BCUT2D eigenvalue weighted by molar-refractivity contribution is -0.152. The number of piperidine rings is 1. The van der Waals surface area contributed by atoms with Gasteiger partial charge in [-0.15, -0.1) is 11.6 Å². The third-order valence-corrected chi connectivity index (χ3v) is 4.51. The number of nitrogens with one attached hydrogen (secondary N) is 1. The molecule has 0 spiro atoms. The van der Waals surface area contributed by atoms with E-state index in [-0.39, 0.29) is 35.5 Å². The smallest absolute Gasteiger partial charge is 0.310 e. The summed E-state index contributed by atoms with van der Waals surface area (Å²) in [7, 11) is 0. The Morgan fingerprint density at radius 1 is 1.35 bits per heavy atom. The van der Waals surface area contributed by atoms with Crippen LogP contribution < -0.4 is 5.32 Å². The van der Waals surface area contributed by atoms with E-state index in [0.717, 1.165) is 19.3 Å². The standard InChI is InChI=1S/C16H27ClN2O4/c1-4-11(3)14(18-13(20)9-17)15(21)19-8-6-7-12(10-19)16(22)23-5-2/h11-12,14H,4-10H2,1-3H3,(H,18,20). The fraction of sp³-hybridized carbons (Fsp3) is 0.812. The minimum absolute atomic E-state index is 0.00219. The molecule has 1 aliphatic heterocycles. The van der Waals surface area contributed by atoms with Crippen molar-refractivity contribution in [1.82, 2.24) is 10.2 Å². The van der Waals surface area contributed by atoms with Crippen molar-refractivity contribution >= 4 is 29.4 Å². The monoisotopic (exact) mass is 346 g/mol. The number of hydrogen-bond acceptors (Lipinski definition) is 4. The van der Waals surface area contributed by atoms with E-state index in [1.165, 1.54) is 0 Å². The molecule has 1 aliphatic rings. The summed E-state index contributed by atoms with van der Waals surface area (Å²) in [5.74, 6) is -1.22. The van der Waals surface area contributed by atoms with Crippen molar-refractivity contribution < 1.29 is 19.1 Å². The van der Waals surface area contributed by atoms with Gasteiger partial charge in [0, 0.05) is 13.1 Å². The highest BCUT2D eigenvalue weighted by atomic mass is 35.5. The summed E-state index contributed by atoms with van der Waals surface area (Å²) < 4.78 is 5.06. The highest BCUT2D eigenvalue weighted by Crippen LogP contribution is 2.20. The first-order valence-corrected chi connectivity index (χ1v) is 8.78. The molecule has 1 heterocycles. The van der Waals surface area contributed by atoms with E-state index >= 15 is 0 Å². The van der Waals surface area contributed by atoms with Gasteiger partial charge in [-0.3, -0.25) is 14.4 Å². The van der Waals surface area contributed by atoms with Crippen LogP contribution in [0.25, 0.3) is 0 Å². The fourth-order valence-electron chi connectivity index (χ4n) is 2.72. The lowest BCUT2D eigenvalue weighted by atomic mass is 9.94. The minimum Gasteiger partial charge on any atom is -0.466 e. The van der Waals surface area contributed by atoms with Crippen LogP contribution in [0.4, 0.5) is 0 Å². The molecule has 3 atom stereocenters.